The molecule has 2 aromatic heterocycles. The van der Waals surface area contributed by atoms with Crippen molar-refractivity contribution >= 4 is 42.8 Å². The van der Waals surface area contributed by atoms with Gasteiger partial charge in [0.2, 0.25) is 0 Å². The molecule has 0 amide bonds. The third-order valence-corrected chi connectivity index (χ3v) is 3.48. The molecule has 0 atom stereocenters. The summed E-state index contributed by atoms with van der Waals surface area (Å²) in [7, 11) is 0. The molecule has 0 saturated heterocycles. The van der Waals surface area contributed by atoms with Gasteiger partial charge in [0.1, 0.15) is 0 Å². The summed E-state index contributed by atoms with van der Waals surface area (Å²) in [4.78, 5) is 4.38. The van der Waals surface area contributed by atoms with Crippen LogP contribution in [0.5, 0.6) is 0 Å². The Balaban J connectivity index is 2.27. The largest absolute Gasteiger partial charge is 0.235 e. The molecule has 0 N–H and O–H groups in total. The number of rotatable bonds is 1. The monoisotopic (exact) mass is 351 g/mol. The molecule has 0 spiro atoms. The zero-order valence-corrected chi connectivity index (χ0v) is 11.8. The quantitative estimate of drug-likeness (QED) is 0.664. The van der Waals surface area contributed by atoms with Gasteiger partial charge in [0.15, 0.2) is 5.82 Å². The van der Waals surface area contributed by atoms with E-state index >= 15 is 0 Å². The number of nitrogens with zero attached hydrogens (tertiary/aromatic N) is 3. The van der Waals surface area contributed by atoms with Gasteiger partial charge < -0.3 is 0 Å². The van der Waals surface area contributed by atoms with Gasteiger partial charge in [-0.1, -0.05) is 18.2 Å². The van der Waals surface area contributed by atoms with E-state index in [1.165, 1.54) is 0 Å². The van der Waals surface area contributed by atoms with Crippen molar-refractivity contribution in [2.45, 2.75) is 0 Å². The van der Waals surface area contributed by atoms with E-state index in [1.807, 2.05) is 41.2 Å². The molecule has 1 aromatic carbocycles. The fraction of sp³-hybridized carbons (Fsp3) is 0. The van der Waals surface area contributed by atoms with Crippen LogP contribution in [0.25, 0.3) is 16.7 Å². The van der Waals surface area contributed by atoms with E-state index in [2.05, 4.69) is 41.9 Å². The van der Waals surface area contributed by atoms with Gasteiger partial charge in [0.25, 0.3) is 0 Å². The lowest BCUT2D eigenvalue weighted by Crippen LogP contribution is -2.00. The molecular weight excluding hydrogens is 346 g/mol. The molecule has 0 saturated carbocycles. The Bertz CT molecular complexity index is 691. The van der Waals surface area contributed by atoms with Crippen molar-refractivity contribution in [2.75, 3.05) is 0 Å². The first-order valence-electron chi connectivity index (χ1n) is 5.00. The molecule has 0 bridgehead atoms. The molecule has 3 nitrogen and oxygen atoms in total. The van der Waals surface area contributed by atoms with Crippen molar-refractivity contribution in [1.82, 2.24) is 14.8 Å². The minimum absolute atomic E-state index is 0.786. The predicted molar refractivity (Wildman–Crippen MR) is 74.3 cm³/mol. The zero-order valence-electron chi connectivity index (χ0n) is 8.64. The van der Waals surface area contributed by atoms with E-state index in [4.69, 9.17) is 0 Å². The van der Waals surface area contributed by atoms with Crippen LogP contribution in [0.15, 0.2) is 51.7 Å². The van der Waals surface area contributed by atoms with E-state index in [9.17, 15) is 0 Å². The molecule has 17 heavy (non-hydrogen) atoms. The van der Waals surface area contributed by atoms with Gasteiger partial charge in [-0.25, -0.2) is 9.67 Å². The summed E-state index contributed by atoms with van der Waals surface area (Å²) in [5, 5.41) is 5.47. The van der Waals surface area contributed by atoms with Gasteiger partial charge in [0.05, 0.1) is 16.2 Å². The molecule has 84 valence electrons. The lowest BCUT2D eigenvalue weighted by atomic mass is 10.2. The summed E-state index contributed by atoms with van der Waals surface area (Å²) in [6, 6.07) is 10.0. The Morgan fingerprint density at radius 3 is 2.71 bits per heavy atom. The molecule has 3 rings (SSSR count). The van der Waals surface area contributed by atoms with Crippen molar-refractivity contribution in [3.63, 3.8) is 0 Å². The number of para-hydroxylation sites is 1. The van der Waals surface area contributed by atoms with Gasteiger partial charge in [-0.05, 0) is 44.0 Å². The molecule has 0 aliphatic heterocycles. The van der Waals surface area contributed by atoms with Crippen LogP contribution >= 0.6 is 31.9 Å². The summed E-state index contributed by atoms with van der Waals surface area (Å²) < 4.78 is 3.66. The second-order valence-corrected chi connectivity index (χ2v) is 5.34. The second kappa shape index (κ2) is 4.23. The molecule has 3 aromatic rings. The highest BCUT2D eigenvalue weighted by atomic mass is 79.9. The van der Waals surface area contributed by atoms with Crippen LogP contribution in [0, 0.1) is 0 Å². The molecule has 0 unspecified atom stereocenters. The average Bonchev–Trinajstić information content (AvgIpc) is 2.73. The molecular formula is C12H7Br2N3. The molecule has 2 heterocycles. The highest BCUT2D eigenvalue weighted by Crippen LogP contribution is 2.25. The van der Waals surface area contributed by atoms with E-state index < -0.39 is 0 Å². The Labute approximate surface area is 115 Å². The maximum atomic E-state index is 4.38. The smallest absolute Gasteiger partial charge is 0.168 e. The van der Waals surface area contributed by atoms with E-state index in [0.29, 0.717) is 0 Å². The molecule has 5 heteroatoms. The van der Waals surface area contributed by atoms with Crippen LogP contribution in [0.4, 0.5) is 0 Å². The normalized spacial score (nSPS) is 10.9. The number of hydrogen-bond acceptors (Lipinski definition) is 2. The van der Waals surface area contributed by atoms with Gasteiger partial charge in [-0.3, -0.25) is 0 Å². The molecule has 0 radical (unpaired) electrons. The van der Waals surface area contributed by atoms with Crippen molar-refractivity contribution in [2.24, 2.45) is 0 Å². The van der Waals surface area contributed by atoms with Gasteiger partial charge in [-0.15, -0.1) is 0 Å². The van der Waals surface area contributed by atoms with Crippen molar-refractivity contribution < 1.29 is 0 Å². The fourth-order valence-corrected chi connectivity index (χ4v) is 2.86. The highest BCUT2D eigenvalue weighted by molar-refractivity contribution is 9.11. The summed E-state index contributed by atoms with van der Waals surface area (Å²) in [5.41, 5.74) is 1.04. The fourth-order valence-electron chi connectivity index (χ4n) is 1.70. The minimum atomic E-state index is 0.786. The van der Waals surface area contributed by atoms with Gasteiger partial charge in [-0.2, -0.15) is 5.10 Å². The Kier molecular flexibility index (Phi) is 2.72. The third-order valence-electron chi connectivity index (χ3n) is 2.47. The Hall–Kier alpha value is -1.20. The number of fused-ring (bicyclic) bond motifs is 1. The van der Waals surface area contributed by atoms with E-state index in [1.54, 1.807) is 6.20 Å². The van der Waals surface area contributed by atoms with Gasteiger partial charge >= 0.3 is 0 Å². The first kappa shape index (κ1) is 10.9. The molecule has 0 fully saturated rings. The first-order valence-corrected chi connectivity index (χ1v) is 6.58. The van der Waals surface area contributed by atoms with Crippen molar-refractivity contribution in [3.05, 3.63) is 51.7 Å². The number of pyridine rings is 1. The number of benzene rings is 1. The third kappa shape index (κ3) is 1.89. The maximum Gasteiger partial charge on any atom is 0.168 e. The van der Waals surface area contributed by atoms with Crippen molar-refractivity contribution in [3.8, 4) is 5.82 Å². The van der Waals surface area contributed by atoms with Crippen LogP contribution in [-0.4, -0.2) is 14.8 Å². The standard InChI is InChI=1S/C12H7Br2N3/c13-9-5-10(14)12(15-7-9)17-11-4-2-1-3-8(11)6-16-17/h1-7H. The summed E-state index contributed by atoms with van der Waals surface area (Å²) in [6.45, 7) is 0. The van der Waals surface area contributed by atoms with Gasteiger partial charge in [0, 0.05) is 16.1 Å². The number of aromatic nitrogens is 3. The Morgan fingerprint density at radius 2 is 1.88 bits per heavy atom. The lowest BCUT2D eigenvalue weighted by molar-refractivity contribution is 0.868. The van der Waals surface area contributed by atoms with Crippen molar-refractivity contribution in [1.29, 1.82) is 0 Å². The van der Waals surface area contributed by atoms with Crippen LogP contribution in [0.1, 0.15) is 0 Å². The summed E-state index contributed by atoms with van der Waals surface area (Å²) in [5.74, 6) is 0.786. The second-order valence-electron chi connectivity index (χ2n) is 3.57. The van der Waals surface area contributed by atoms with Crippen LogP contribution < -0.4 is 0 Å². The Morgan fingerprint density at radius 1 is 1.06 bits per heavy atom. The lowest BCUT2D eigenvalue weighted by Gasteiger charge is -2.05. The number of hydrogen-bond donors (Lipinski definition) is 0. The summed E-state index contributed by atoms with van der Waals surface area (Å²) in [6.07, 6.45) is 3.60. The number of halogens is 2. The SMILES string of the molecule is Brc1cnc(-n2ncc3ccccc32)c(Br)c1. The predicted octanol–water partition coefficient (Wildman–Crippen LogP) is 3.95. The van der Waals surface area contributed by atoms with E-state index in [-0.39, 0.29) is 0 Å². The topological polar surface area (TPSA) is 30.7 Å². The summed E-state index contributed by atoms with van der Waals surface area (Å²) >= 11 is 6.89. The van der Waals surface area contributed by atoms with E-state index in [0.717, 1.165) is 25.7 Å². The highest BCUT2D eigenvalue weighted by Gasteiger charge is 2.09. The first-order chi connectivity index (χ1) is 8.25. The maximum absolute atomic E-state index is 4.38. The zero-order chi connectivity index (χ0) is 11.8. The minimum Gasteiger partial charge on any atom is -0.235 e. The van der Waals surface area contributed by atoms with Crippen LogP contribution in [0.2, 0.25) is 0 Å². The average molecular weight is 353 g/mol. The molecule has 0 aliphatic carbocycles. The van der Waals surface area contributed by atoms with Crippen LogP contribution in [-0.2, 0) is 0 Å². The molecule has 0 aliphatic rings. The van der Waals surface area contributed by atoms with Crippen LogP contribution in [0.3, 0.4) is 0 Å².